The van der Waals surface area contributed by atoms with Crippen LogP contribution >= 0.6 is 0 Å². The molecule has 74 valence electrons. The van der Waals surface area contributed by atoms with E-state index in [1.807, 2.05) is 0 Å². The summed E-state index contributed by atoms with van der Waals surface area (Å²) in [6.07, 6.45) is 8.13. The molecule has 0 aliphatic carbocycles. The quantitative estimate of drug-likeness (QED) is 0.721. The lowest BCUT2D eigenvalue weighted by atomic mass is 9.93. The van der Waals surface area contributed by atoms with Crippen molar-refractivity contribution in [2.45, 2.75) is 32.0 Å². The van der Waals surface area contributed by atoms with Crippen LogP contribution in [0.4, 0.5) is 0 Å². The van der Waals surface area contributed by atoms with Crippen molar-refractivity contribution in [3.8, 4) is 0 Å². The lowest BCUT2D eigenvalue weighted by molar-refractivity contribution is -0.0325. The van der Waals surface area contributed by atoms with Crippen LogP contribution in [-0.4, -0.2) is 19.4 Å². The van der Waals surface area contributed by atoms with Crippen molar-refractivity contribution in [2.75, 3.05) is 13.1 Å². The smallest absolute Gasteiger partial charge is 0.239 e. The molecule has 2 aliphatic heterocycles. The summed E-state index contributed by atoms with van der Waals surface area (Å²) in [6, 6.07) is 0. The molecule has 2 rings (SSSR count). The van der Waals surface area contributed by atoms with Crippen molar-refractivity contribution >= 4 is 0 Å². The summed E-state index contributed by atoms with van der Waals surface area (Å²) >= 11 is 0. The third-order valence-corrected chi connectivity index (χ3v) is 2.79. The molecule has 0 bridgehead atoms. The zero-order valence-electron chi connectivity index (χ0n) is 7.87. The summed E-state index contributed by atoms with van der Waals surface area (Å²) in [6.45, 7) is 2.35. The van der Waals surface area contributed by atoms with Gasteiger partial charge in [0.25, 0.3) is 0 Å². The fourth-order valence-corrected chi connectivity index (χ4v) is 1.95. The molecule has 0 aromatic rings. The van der Waals surface area contributed by atoms with Crippen LogP contribution in [0.15, 0.2) is 12.5 Å². The Morgan fingerprint density at radius 3 is 2.46 bits per heavy atom. The third kappa shape index (κ3) is 2.62. The Kier molecular flexibility index (Phi) is 3.08. The molecule has 0 atom stereocenters. The van der Waals surface area contributed by atoms with Crippen molar-refractivity contribution in [3.63, 3.8) is 0 Å². The Hall–Kier alpha value is -0.700. The lowest BCUT2D eigenvalue weighted by Gasteiger charge is -2.23. The SMILES string of the molecule is C1=COC(CCC2CCNCC2)O1. The van der Waals surface area contributed by atoms with Crippen molar-refractivity contribution in [1.29, 1.82) is 0 Å². The van der Waals surface area contributed by atoms with Crippen LogP contribution in [0.3, 0.4) is 0 Å². The summed E-state index contributed by atoms with van der Waals surface area (Å²) in [5, 5.41) is 3.37. The molecule has 0 amide bonds. The minimum Gasteiger partial charge on any atom is -0.459 e. The van der Waals surface area contributed by atoms with E-state index in [1.165, 1.54) is 32.4 Å². The van der Waals surface area contributed by atoms with E-state index in [9.17, 15) is 0 Å². The number of ether oxygens (including phenoxy) is 2. The first-order valence-corrected chi connectivity index (χ1v) is 5.12. The molecule has 0 radical (unpaired) electrons. The number of hydrogen-bond acceptors (Lipinski definition) is 3. The van der Waals surface area contributed by atoms with E-state index in [-0.39, 0.29) is 6.29 Å². The van der Waals surface area contributed by atoms with Gasteiger partial charge in [0.2, 0.25) is 6.29 Å². The second kappa shape index (κ2) is 4.51. The molecule has 0 saturated carbocycles. The Morgan fingerprint density at radius 2 is 1.77 bits per heavy atom. The molecule has 0 unspecified atom stereocenters. The average molecular weight is 183 g/mol. The first kappa shape index (κ1) is 8.88. The molecule has 1 saturated heterocycles. The lowest BCUT2D eigenvalue weighted by Crippen LogP contribution is -2.28. The van der Waals surface area contributed by atoms with Gasteiger partial charge < -0.3 is 14.8 Å². The van der Waals surface area contributed by atoms with Crippen LogP contribution < -0.4 is 5.32 Å². The fraction of sp³-hybridized carbons (Fsp3) is 0.800. The minimum absolute atomic E-state index is 0.00474. The van der Waals surface area contributed by atoms with Gasteiger partial charge >= 0.3 is 0 Å². The van der Waals surface area contributed by atoms with Crippen molar-refractivity contribution in [3.05, 3.63) is 12.5 Å². The molecule has 1 fully saturated rings. The summed E-state index contributed by atoms with van der Waals surface area (Å²) in [5.74, 6) is 0.869. The molecule has 3 nitrogen and oxygen atoms in total. The molecular formula is C10H17NO2. The second-order valence-corrected chi connectivity index (χ2v) is 3.74. The van der Waals surface area contributed by atoms with Gasteiger partial charge in [-0.25, -0.2) is 0 Å². The van der Waals surface area contributed by atoms with Crippen LogP contribution in [0.5, 0.6) is 0 Å². The summed E-state index contributed by atoms with van der Waals surface area (Å²) in [7, 11) is 0. The van der Waals surface area contributed by atoms with Gasteiger partial charge in [0.05, 0.1) is 0 Å². The predicted molar refractivity (Wildman–Crippen MR) is 49.9 cm³/mol. The first-order chi connectivity index (χ1) is 6.45. The molecule has 0 aromatic heterocycles. The van der Waals surface area contributed by atoms with Crippen LogP contribution in [-0.2, 0) is 9.47 Å². The molecule has 0 spiro atoms. The Bertz CT molecular complexity index is 168. The first-order valence-electron chi connectivity index (χ1n) is 5.12. The van der Waals surface area contributed by atoms with Gasteiger partial charge in [0.15, 0.2) is 0 Å². The van der Waals surface area contributed by atoms with Crippen LogP contribution in [0.1, 0.15) is 25.7 Å². The molecular weight excluding hydrogens is 166 g/mol. The maximum Gasteiger partial charge on any atom is 0.239 e. The van der Waals surface area contributed by atoms with Gasteiger partial charge in [-0.1, -0.05) is 0 Å². The van der Waals surface area contributed by atoms with Crippen molar-refractivity contribution in [1.82, 2.24) is 5.32 Å². The van der Waals surface area contributed by atoms with E-state index < -0.39 is 0 Å². The highest BCUT2D eigenvalue weighted by atomic mass is 16.7. The summed E-state index contributed by atoms with van der Waals surface area (Å²) in [5.41, 5.74) is 0. The maximum atomic E-state index is 5.23. The van der Waals surface area contributed by atoms with Crippen LogP contribution in [0.25, 0.3) is 0 Å². The van der Waals surface area contributed by atoms with Crippen LogP contribution in [0.2, 0.25) is 0 Å². The molecule has 1 N–H and O–H groups in total. The Morgan fingerprint density at radius 1 is 1.08 bits per heavy atom. The van der Waals surface area contributed by atoms with Gasteiger partial charge in [-0.3, -0.25) is 0 Å². The number of piperidine rings is 1. The standard InChI is InChI=1S/C10H17NO2/c1(2-10-12-7-8-13-10)9-3-5-11-6-4-9/h7-11H,1-6H2. The molecule has 13 heavy (non-hydrogen) atoms. The highest BCUT2D eigenvalue weighted by molar-refractivity contribution is 4.73. The third-order valence-electron chi connectivity index (χ3n) is 2.79. The topological polar surface area (TPSA) is 30.5 Å². The fourth-order valence-electron chi connectivity index (χ4n) is 1.95. The Balaban J connectivity index is 1.61. The molecule has 2 aliphatic rings. The predicted octanol–water partition coefficient (Wildman–Crippen LogP) is 1.61. The van der Waals surface area contributed by atoms with E-state index in [4.69, 9.17) is 9.47 Å². The maximum absolute atomic E-state index is 5.23. The normalized spacial score (nSPS) is 24.3. The van der Waals surface area contributed by atoms with Crippen LogP contribution in [0, 0.1) is 5.92 Å². The van der Waals surface area contributed by atoms with E-state index in [0.717, 1.165) is 12.3 Å². The Labute approximate surface area is 79.1 Å². The van der Waals surface area contributed by atoms with E-state index in [0.29, 0.717) is 0 Å². The van der Waals surface area contributed by atoms with Crippen molar-refractivity contribution < 1.29 is 9.47 Å². The van der Waals surface area contributed by atoms with Gasteiger partial charge in [-0.2, -0.15) is 0 Å². The van der Waals surface area contributed by atoms with E-state index >= 15 is 0 Å². The number of hydrogen-bond donors (Lipinski definition) is 1. The van der Waals surface area contributed by atoms with E-state index in [2.05, 4.69) is 5.32 Å². The second-order valence-electron chi connectivity index (χ2n) is 3.74. The molecule has 2 heterocycles. The average Bonchev–Trinajstić information content (AvgIpc) is 2.69. The van der Waals surface area contributed by atoms with Gasteiger partial charge in [-0.15, -0.1) is 0 Å². The monoisotopic (exact) mass is 183 g/mol. The zero-order valence-corrected chi connectivity index (χ0v) is 7.87. The summed E-state index contributed by atoms with van der Waals surface area (Å²) in [4.78, 5) is 0. The van der Waals surface area contributed by atoms with Gasteiger partial charge in [-0.05, 0) is 38.3 Å². The highest BCUT2D eigenvalue weighted by Gasteiger charge is 2.17. The van der Waals surface area contributed by atoms with Crippen molar-refractivity contribution in [2.24, 2.45) is 5.92 Å². The zero-order chi connectivity index (χ0) is 8.93. The van der Waals surface area contributed by atoms with Gasteiger partial charge in [0.1, 0.15) is 12.5 Å². The summed E-state index contributed by atoms with van der Waals surface area (Å²) < 4.78 is 10.5. The highest BCUT2D eigenvalue weighted by Crippen LogP contribution is 2.21. The minimum atomic E-state index is -0.00474. The number of rotatable bonds is 3. The number of nitrogens with one attached hydrogen (secondary N) is 1. The molecule has 3 heteroatoms. The van der Waals surface area contributed by atoms with E-state index in [1.54, 1.807) is 12.5 Å². The van der Waals surface area contributed by atoms with Gasteiger partial charge in [0, 0.05) is 6.42 Å². The molecule has 0 aromatic carbocycles. The largest absolute Gasteiger partial charge is 0.459 e.